The zero-order valence-corrected chi connectivity index (χ0v) is 19.3. The summed E-state index contributed by atoms with van der Waals surface area (Å²) in [6.45, 7) is 5.69. The van der Waals surface area contributed by atoms with E-state index in [2.05, 4.69) is 15.1 Å². The molecule has 170 valence electrons. The fourth-order valence-electron chi connectivity index (χ4n) is 4.57. The van der Waals surface area contributed by atoms with Crippen molar-refractivity contribution in [3.05, 3.63) is 30.5 Å². The van der Waals surface area contributed by atoms with Gasteiger partial charge in [-0.15, -0.1) is 5.10 Å². The first-order valence-corrected chi connectivity index (χ1v) is 12.3. The number of fused-ring (bicyclic) bond motifs is 1. The Balaban J connectivity index is 1.20. The van der Waals surface area contributed by atoms with Gasteiger partial charge in [-0.25, -0.2) is 9.50 Å². The molecule has 0 aliphatic carbocycles. The highest BCUT2D eigenvalue weighted by Gasteiger charge is 2.28. The van der Waals surface area contributed by atoms with E-state index >= 15 is 0 Å². The quantitative estimate of drug-likeness (QED) is 0.592. The molecule has 2 aliphatic rings. The molecule has 4 heterocycles. The summed E-state index contributed by atoms with van der Waals surface area (Å²) < 4.78 is 7.08. The Bertz CT molecular complexity index is 1020. The van der Waals surface area contributed by atoms with Crippen molar-refractivity contribution in [3.63, 3.8) is 0 Å². The molecule has 2 aliphatic heterocycles. The fraction of sp³-hybridized carbons (Fsp3) is 0.522. The molecule has 1 aromatic carbocycles. The molecule has 2 aromatic heterocycles. The molecular weight excluding hydrogens is 424 g/mol. The predicted molar refractivity (Wildman–Crippen MR) is 126 cm³/mol. The second-order valence-electron chi connectivity index (χ2n) is 8.59. The Kier molecular flexibility index (Phi) is 6.27. The number of benzene rings is 1. The van der Waals surface area contributed by atoms with Crippen molar-refractivity contribution >= 4 is 27.3 Å². The number of hydrogen-bond donors (Lipinski definition) is 1. The van der Waals surface area contributed by atoms with Crippen LogP contribution >= 0.6 is 11.3 Å². The first-order valence-electron chi connectivity index (χ1n) is 11.5. The van der Waals surface area contributed by atoms with Gasteiger partial charge in [-0.05, 0) is 63.0 Å². The summed E-state index contributed by atoms with van der Waals surface area (Å²) in [5.74, 6) is 1.03. The highest BCUT2D eigenvalue weighted by Crippen LogP contribution is 2.30. The number of ether oxygens (including phenoxy) is 1. The molecule has 0 spiro atoms. The summed E-state index contributed by atoms with van der Waals surface area (Å²) in [5.41, 5.74) is 1.93. The van der Waals surface area contributed by atoms with Gasteiger partial charge in [0.25, 0.3) is 0 Å². The summed E-state index contributed by atoms with van der Waals surface area (Å²) in [6, 6.07) is 7.88. The molecule has 2 saturated heterocycles. The Hall–Kier alpha value is -2.65. The van der Waals surface area contributed by atoms with Gasteiger partial charge in [-0.3, -0.25) is 4.79 Å². The molecule has 1 amide bonds. The third kappa shape index (κ3) is 4.59. The largest absolute Gasteiger partial charge is 0.497 e. The van der Waals surface area contributed by atoms with Gasteiger partial charge in [0.1, 0.15) is 5.75 Å². The minimum Gasteiger partial charge on any atom is -0.497 e. The first-order chi connectivity index (χ1) is 15.7. The molecule has 0 saturated carbocycles. The second kappa shape index (κ2) is 9.46. The third-order valence-corrected chi connectivity index (χ3v) is 7.39. The van der Waals surface area contributed by atoms with Gasteiger partial charge in [0.05, 0.1) is 24.9 Å². The Morgan fingerprint density at radius 3 is 2.75 bits per heavy atom. The van der Waals surface area contributed by atoms with Crippen LogP contribution < -0.4 is 15.0 Å². The topological polar surface area (TPSA) is 75.0 Å². The number of imidazole rings is 1. The molecule has 5 rings (SSSR count). The smallest absolute Gasteiger partial charge is 0.224 e. The number of hydrogen-bond acceptors (Lipinski definition) is 7. The van der Waals surface area contributed by atoms with E-state index in [9.17, 15) is 4.79 Å². The molecule has 8 nitrogen and oxygen atoms in total. The molecule has 0 radical (unpaired) electrons. The molecule has 1 unspecified atom stereocenters. The normalized spacial score (nSPS) is 19.5. The van der Waals surface area contributed by atoms with Crippen molar-refractivity contribution in [2.45, 2.75) is 25.7 Å². The lowest BCUT2D eigenvalue weighted by molar-refractivity contribution is -0.125. The summed E-state index contributed by atoms with van der Waals surface area (Å²) >= 11 is 1.58. The van der Waals surface area contributed by atoms with E-state index in [0.717, 1.165) is 66.1 Å². The van der Waals surface area contributed by atoms with Gasteiger partial charge in [0.15, 0.2) is 0 Å². The molecule has 0 bridgehead atoms. The maximum Gasteiger partial charge on any atom is 0.224 e. The van der Waals surface area contributed by atoms with Gasteiger partial charge in [-0.2, -0.15) is 0 Å². The van der Waals surface area contributed by atoms with Crippen LogP contribution in [0.15, 0.2) is 30.5 Å². The Morgan fingerprint density at radius 1 is 1.19 bits per heavy atom. The first kappa shape index (κ1) is 21.2. The van der Waals surface area contributed by atoms with Crippen LogP contribution in [0.25, 0.3) is 16.2 Å². The van der Waals surface area contributed by atoms with E-state index in [1.807, 2.05) is 35.0 Å². The van der Waals surface area contributed by atoms with Crippen LogP contribution in [0.3, 0.4) is 0 Å². The van der Waals surface area contributed by atoms with Crippen LogP contribution in [0.5, 0.6) is 5.75 Å². The number of nitrogens with zero attached hydrogens (tertiary/aromatic N) is 5. The molecule has 1 N–H and O–H groups in total. The number of carbonyl (C=O) groups is 1. The van der Waals surface area contributed by atoms with Crippen LogP contribution in [-0.4, -0.2) is 71.8 Å². The van der Waals surface area contributed by atoms with Crippen LogP contribution in [0, 0.1) is 5.92 Å². The highest BCUT2D eigenvalue weighted by molar-refractivity contribution is 7.20. The van der Waals surface area contributed by atoms with E-state index in [1.165, 1.54) is 25.9 Å². The average Bonchev–Trinajstić information content (AvgIpc) is 3.56. The number of amides is 1. The van der Waals surface area contributed by atoms with E-state index in [4.69, 9.17) is 14.8 Å². The number of carbonyl (C=O) groups excluding carboxylic acids is 1. The van der Waals surface area contributed by atoms with E-state index in [-0.39, 0.29) is 11.8 Å². The van der Waals surface area contributed by atoms with Crippen LogP contribution in [0.1, 0.15) is 25.7 Å². The average molecular weight is 455 g/mol. The summed E-state index contributed by atoms with van der Waals surface area (Å²) in [5, 5.41) is 8.85. The number of methoxy groups -OCH3 is 1. The van der Waals surface area contributed by atoms with E-state index in [0.29, 0.717) is 0 Å². The lowest BCUT2D eigenvalue weighted by Gasteiger charge is -2.31. The maximum absolute atomic E-state index is 12.7. The number of piperidine rings is 1. The SMILES string of the molecule is COc1ccc(-c2cn3nc(N4CCCC(C(=O)NCCN5CCCC5)C4)sc3n2)cc1. The third-order valence-electron chi connectivity index (χ3n) is 6.41. The van der Waals surface area contributed by atoms with Crippen molar-refractivity contribution in [2.75, 3.05) is 51.3 Å². The summed E-state index contributed by atoms with van der Waals surface area (Å²) in [4.78, 5) is 23.0. The number of aromatic nitrogens is 3. The van der Waals surface area contributed by atoms with Crippen LogP contribution in [-0.2, 0) is 4.79 Å². The second-order valence-corrected chi connectivity index (χ2v) is 9.53. The lowest BCUT2D eigenvalue weighted by atomic mass is 9.97. The van der Waals surface area contributed by atoms with E-state index in [1.54, 1.807) is 18.4 Å². The molecule has 9 heteroatoms. The summed E-state index contributed by atoms with van der Waals surface area (Å²) in [7, 11) is 1.66. The molecule has 1 atom stereocenters. The van der Waals surface area contributed by atoms with Gasteiger partial charge in [-0.1, -0.05) is 11.3 Å². The van der Waals surface area contributed by atoms with Crippen molar-refractivity contribution < 1.29 is 9.53 Å². The number of nitrogens with one attached hydrogen (secondary N) is 1. The maximum atomic E-state index is 12.7. The van der Waals surface area contributed by atoms with Gasteiger partial charge in [0.2, 0.25) is 16.0 Å². The standard InChI is InChI=1S/C23H30N6O2S/c1-31-19-8-6-17(7-9-19)20-16-29-22(25-20)32-23(26-29)28-13-4-5-18(15-28)21(30)24-10-14-27-11-2-3-12-27/h6-9,16,18H,2-5,10-15H2,1H3,(H,24,30). The molecule has 3 aromatic rings. The lowest BCUT2D eigenvalue weighted by Crippen LogP contribution is -2.44. The number of anilines is 1. The van der Waals surface area contributed by atoms with Gasteiger partial charge < -0.3 is 19.9 Å². The van der Waals surface area contributed by atoms with Crippen molar-refractivity contribution in [3.8, 4) is 17.0 Å². The fourth-order valence-corrected chi connectivity index (χ4v) is 5.49. The Labute approximate surface area is 192 Å². The molecule has 32 heavy (non-hydrogen) atoms. The van der Waals surface area contributed by atoms with Crippen molar-refractivity contribution in [1.82, 2.24) is 24.8 Å². The monoisotopic (exact) mass is 454 g/mol. The van der Waals surface area contributed by atoms with Crippen molar-refractivity contribution in [2.24, 2.45) is 5.92 Å². The van der Waals surface area contributed by atoms with Gasteiger partial charge >= 0.3 is 0 Å². The summed E-state index contributed by atoms with van der Waals surface area (Å²) in [6.07, 6.45) is 6.47. The predicted octanol–water partition coefficient (Wildman–Crippen LogP) is 2.89. The van der Waals surface area contributed by atoms with E-state index < -0.39 is 0 Å². The van der Waals surface area contributed by atoms with Crippen LogP contribution in [0.2, 0.25) is 0 Å². The van der Waals surface area contributed by atoms with Crippen LogP contribution in [0.4, 0.5) is 5.13 Å². The molecule has 2 fully saturated rings. The van der Waals surface area contributed by atoms with Gasteiger partial charge in [0, 0.05) is 31.7 Å². The minimum atomic E-state index is 0.0217. The van der Waals surface area contributed by atoms with Crippen molar-refractivity contribution in [1.29, 1.82) is 0 Å². The zero-order valence-electron chi connectivity index (χ0n) is 18.5. The Morgan fingerprint density at radius 2 is 2.00 bits per heavy atom. The number of likely N-dealkylation sites (tertiary alicyclic amines) is 1. The zero-order chi connectivity index (χ0) is 21.9. The molecular formula is C23H30N6O2S. The minimum absolute atomic E-state index is 0.0217. The highest BCUT2D eigenvalue weighted by atomic mass is 32.1. The number of rotatable bonds is 7.